The van der Waals surface area contributed by atoms with E-state index in [9.17, 15) is 19.5 Å². The number of hydrogen-bond donors (Lipinski definition) is 4. The third kappa shape index (κ3) is 8.54. The minimum absolute atomic E-state index is 0.0383. The zero-order chi connectivity index (χ0) is 42.1. The first-order valence-electron chi connectivity index (χ1n) is 20.5. The summed E-state index contributed by atoms with van der Waals surface area (Å²) >= 11 is 0. The Hall–Kier alpha value is -6.32. The molecule has 1 unspecified atom stereocenters. The van der Waals surface area contributed by atoms with Gasteiger partial charge in [0.2, 0.25) is 17.7 Å². The fourth-order valence-corrected chi connectivity index (χ4v) is 8.04. The summed E-state index contributed by atoms with van der Waals surface area (Å²) in [7, 11) is 0. The zero-order valence-corrected chi connectivity index (χ0v) is 34.6. The first-order valence-corrected chi connectivity index (χ1v) is 20.5. The fraction of sp³-hybridized carbons (Fsp3) is 0.378. The number of carbonyl (C=O) groups is 3. The second-order valence-electron chi connectivity index (χ2n) is 16.7. The molecule has 0 spiro atoms. The highest BCUT2D eigenvalue weighted by atomic mass is 16.5. The molecule has 6 aromatic rings. The zero-order valence-electron chi connectivity index (χ0n) is 34.6. The van der Waals surface area contributed by atoms with E-state index in [2.05, 4.69) is 76.1 Å². The molecular formula is C45H50N10O5. The lowest BCUT2D eigenvalue weighted by Gasteiger charge is -2.36. The van der Waals surface area contributed by atoms with Gasteiger partial charge in [-0.15, -0.1) is 0 Å². The number of piperazine rings is 1. The van der Waals surface area contributed by atoms with Crippen LogP contribution in [-0.2, 0) is 28.0 Å². The van der Waals surface area contributed by atoms with Crippen molar-refractivity contribution in [1.82, 2.24) is 45.8 Å². The highest BCUT2D eigenvalue weighted by Crippen LogP contribution is 2.33. The van der Waals surface area contributed by atoms with Gasteiger partial charge in [-0.05, 0) is 72.9 Å². The molecule has 60 heavy (non-hydrogen) atoms. The van der Waals surface area contributed by atoms with Crippen LogP contribution < -0.4 is 15.5 Å². The molecule has 4 N–H and O–H groups in total. The van der Waals surface area contributed by atoms with Gasteiger partial charge in [0.1, 0.15) is 5.69 Å². The standard InChI is InChI=1S/C45H50N10O5/c1-26(48-43(59)41-50-44(60-53-41)45(3,4)5)34-12-8-29(22-31(34)25-56)39-37-23-30(24-46-40(37)52-51-39)28-6-10-33(11-7-28)55-20-18-54(19-21-55)17-16-32-9-13-35(27(2)47-32)36-14-15-38(57)49-42(36)58/h6-13,22-24,26,36,56H,14-21,25H2,1-5H3,(H,48,59)(H,46,51,52)(H,49,57,58)/t26-,36?/m1/s1. The maximum atomic E-state index is 13.0. The predicted molar refractivity (Wildman–Crippen MR) is 226 cm³/mol. The van der Waals surface area contributed by atoms with E-state index < -0.39 is 11.9 Å². The van der Waals surface area contributed by atoms with Gasteiger partial charge in [-0.25, -0.2) is 4.98 Å². The first-order chi connectivity index (χ1) is 28.8. The number of aliphatic hydroxyl groups excluding tert-OH is 1. The normalized spacial score (nSPS) is 16.9. The molecule has 6 heterocycles. The lowest BCUT2D eigenvalue weighted by atomic mass is 9.89. The number of aliphatic hydroxyl groups is 1. The van der Waals surface area contributed by atoms with Crippen LogP contribution in [0.15, 0.2) is 71.4 Å². The van der Waals surface area contributed by atoms with Crippen LogP contribution in [0.3, 0.4) is 0 Å². The summed E-state index contributed by atoms with van der Waals surface area (Å²) < 4.78 is 5.29. The number of anilines is 1. The average molecular weight is 811 g/mol. The number of nitrogens with one attached hydrogen (secondary N) is 3. The van der Waals surface area contributed by atoms with E-state index in [1.807, 2.05) is 71.1 Å². The van der Waals surface area contributed by atoms with Crippen molar-refractivity contribution >= 4 is 34.4 Å². The summed E-state index contributed by atoms with van der Waals surface area (Å²) in [6.07, 6.45) is 3.56. The van der Waals surface area contributed by atoms with Gasteiger partial charge in [-0.1, -0.05) is 56.3 Å². The number of imide groups is 1. The Morgan fingerprint density at radius 2 is 1.75 bits per heavy atom. The SMILES string of the molecule is Cc1nc(CCN2CCN(c3ccc(-c4cnc5[nH]nc(-c6ccc([C@@H](C)NC(=O)c7noc(C(C)(C)C)n7)c(CO)c6)c5c4)cc3)CC2)ccc1C1CCC(=O)NC1=O. The number of aryl methyl sites for hydroxylation is 1. The summed E-state index contributed by atoms with van der Waals surface area (Å²) in [5.74, 6) is -0.878. The molecule has 2 aliphatic rings. The molecule has 0 radical (unpaired) electrons. The van der Waals surface area contributed by atoms with Crippen molar-refractivity contribution in [2.24, 2.45) is 0 Å². The third-order valence-corrected chi connectivity index (χ3v) is 11.5. The van der Waals surface area contributed by atoms with E-state index in [1.54, 1.807) is 0 Å². The molecule has 0 saturated carbocycles. The molecule has 3 amide bonds. The van der Waals surface area contributed by atoms with Crippen LogP contribution in [0.1, 0.15) is 97.1 Å². The molecule has 2 fully saturated rings. The number of carbonyl (C=O) groups excluding carboxylic acids is 3. The summed E-state index contributed by atoms with van der Waals surface area (Å²) in [4.78, 5) is 55.6. The number of H-pyrrole nitrogens is 1. The van der Waals surface area contributed by atoms with Crippen LogP contribution in [0.2, 0.25) is 0 Å². The largest absolute Gasteiger partial charge is 0.392 e. The minimum Gasteiger partial charge on any atom is -0.392 e. The maximum absolute atomic E-state index is 13.0. The molecule has 0 bridgehead atoms. The van der Waals surface area contributed by atoms with Gasteiger partial charge in [0.25, 0.3) is 11.7 Å². The van der Waals surface area contributed by atoms with Crippen molar-refractivity contribution in [2.75, 3.05) is 37.6 Å². The molecule has 2 aromatic carbocycles. The van der Waals surface area contributed by atoms with Gasteiger partial charge in [-0.2, -0.15) is 10.1 Å². The van der Waals surface area contributed by atoms with Gasteiger partial charge < -0.3 is 19.8 Å². The van der Waals surface area contributed by atoms with Crippen molar-refractivity contribution < 1.29 is 24.0 Å². The molecule has 15 nitrogen and oxygen atoms in total. The van der Waals surface area contributed by atoms with E-state index in [0.29, 0.717) is 35.6 Å². The number of pyridine rings is 2. The van der Waals surface area contributed by atoms with Crippen molar-refractivity contribution in [2.45, 2.75) is 77.9 Å². The summed E-state index contributed by atoms with van der Waals surface area (Å²) in [6.45, 7) is 14.0. The smallest absolute Gasteiger partial charge is 0.293 e. The van der Waals surface area contributed by atoms with Crippen molar-refractivity contribution in [3.05, 3.63) is 107 Å². The monoisotopic (exact) mass is 810 g/mol. The molecule has 2 saturated heterocycles. The number of amides is 3. The number of nitrogens with zero attached hydrogens (tertiary/aromatic N) is 7. The Balaban J connectivity index is 0.881. The molecule has 8 rings (SSSR count). The van der Waals surface area contributed by atoms with Crippen LogP contribution in [0.5, 0.6) is 0 Å². The highest BCUT2D eigenvalue weighted by molar-refractivity contribution is 6.01. The second-order valence-corrected chi connectivity index (χ2v) is 16.7. The average Bonchev–Trinajstić information content (AvgIpc) is 3.92. The number of piperidine rings is 1. The molecule has 0 aliphatic carbocycles. The number of rotatable bonds is 11. The number of aromatic nitrogens is 6. The van der Waals surface area contributed by atoms with Crippen molar-refractivity contribution in [3.63, 3.8) is 0 Å². The van der Waals surface area contributed by atoms with Crippen LogP contribution >= 0.6 is 0 Å². The lowest BCUT2D eigenvalue weighted by Crippen LogP contribution is -2.47. The van der Waals surface area contributed by atoms with Gasteiger partial charge >= 0.3 is 0 Å². The van der Waals surface area contributed by atoms with Crippen molar-refractivity contribution in [3.8, 4) is 22.4 Å². The van der Waals surface area contributed by atoms with Gasteiger partial charge in [0, 0.05) is 90.8 Å². The summed E-state index contributed by atoms with van der Waals surface area (Å²) in [5, 5.41) is 28.1. The number of fused-ring (bicyclic) bond motifs is 1. The van der Waals surface area contributed by atoms with Crippen LogP contribution in [0.25, 0.3) is 33.4 Å². The van der Waals surface area contributed by atoms with Crippen LogP contribution in [-0.4, -0.2) is 90.8 Å². The molecule has 2 atom stereocenters. The molecular weight excluding hydrogens is 761 g/mol. The second kappa shape index (κ2) is 16.7. The lowest BCUT2D eigenvalue weighted by molar-refractivity contribution is -0.134. The Bertz CT molecular complexity index is 2550. The first kappa shape index (κ1) is 40.5. The predicted octanol–water partition coefficient (Wildman–Crippen LogP) is 5.54. The Kier molecular flexibility index (Phi) is 11.3. The van der Waals surface area contributed by atoms with Gasteiger partial charge in [0.05, 0.1) is 18.6 Å². The maximum Gasteiger partial charge on any atom is 0.293 e. The van der Waals surface area contributed by atoms with E-state index in [1.165, 1.54) is 5.69 Å². The summed E-state index contributed by atoms with van der Waals surface area (Å²) in [6, 6.07) is 20.0. The number of aromatic amines is 1. The minimum atomic E-state index is -0.462. The molecule has 2 aliphatic heterocycles. The molecule has 310 valence electrons. The van der Waals surface area contributed by atoms with Gasteiger partial charge in [0.15, 0.2) is 5.65 Å². The van der Waals surface area contributed by atoms with Crippen molar-refractivity contribution in [1.29, 1.82) is 0 Å². The number of hydrogen-bond acceptors (Lipinski definition) is 12. The van der Waals surface area contributed by atoms with E-state index in [4.69, 9.17) is 9.51 Å². The highest BCUT2D eigenvalue weighted by Gasteiger charge is 2.30. The fourth-order valence-electron chi connectivity index (χ4n) is 8.04. The van der Waals surface area contributed by atoms with E-state index >= 15 is 0 Å². The topological polar surface area (TPSA) is 195 Å². The van der Waals surface area contributed by atoms with E-state index in [-0.39, 0.29) is 35.6 Å². The van der Waals surface area contributed by atoms with Crippen LogP contribution in [0, 0.1) is 6.92 Å². The van der Waals surface area contributed by atoms with Crippen LogP contribution in [0.4, 0.5) is 5.69 Å². The third-order valence-electron chi connectivity index (χ3n) is 11.5. The van der Waals surface area contributed by atoms with Gasteiger partial charge in [-0.3, -0.25) is 34.7 Å². The summed E-state index contributed by atoms with van der Waals surface area (Å²) in [5.41, 5.74) is 9.15. The Morgan fingerprint density at radius 1 is 0.983 bits per heavy atom. The quantitative estimate of drug-likeness (QED) is 0.120. The van der Waals surface area contributed by atoms with E-state index in [0.717, 1.165) is 83.7 Å². The Morgan fingerprint density at radius 3 is 2.45 bits per heavy atom. The Labute approximate surface area is 348 Å². The molecule has 15 heteroatoms. The molecule has 4 aromatic heterocycles. The number of benzene rings is 2.